The van der Waals surface area contributed by atoms with Gasteiger partial charge in [0.25, 0.3) is 0 Å². The van der Waals surface area contributed by atoms with E-state index >= 15 is 0 Å². The lowest BCUT2D eigenvalue weighted by Gasteiger charge is -2.32. The fourth-order valence-electron chi connectivity index (χ4n) is 1.87. The van der Waals surface area contributed by atoms with Gasteiger partial charge < -0.3 is 14.7 Å². The van der Waals surface area contributed by atoms with Gasteiger partial charge >= 0.3 is 5.97 Å². The lowest BCUT2D eigenvalue weighted by atomic mass is 10.2. The van der Waals surface area contributed by atoms with E-state index < -0.39 is 12.0 Å². The van der Waals surface area contributed by atoms with Crippen LogP contribution in [0.25, 0.3) is 0 Å². The smallest absolute Gasteiger partial charge is 0.328 e. The number of aliphatic carboxylic acids is 1. The molecular formula is C12H13ClN2O4. The summed E-state index contributed by atoms with van der Waals surface area (Å²) in [6.07, 6.45) is 1.51. The summed E-state index contributed by atoms with van der Waals surface area (Å²) in [4.78, 5) is 28.5. The molecule has 1 atom stereocenters. The molecule has 102 valence electrons. The first-order valence-electron chi connectivity index (χ1n) is 5.78. The summed E-state index contributed by atoms with van der Waals surface area (Å²) in [7, 11) is 0. The van der Waals surface area contributed by atoms with Crippen molar-refractivity contribution in [1.29, 1.82) is 0 Å². The van der Waals surface area contributed by atoms with Crippen molar-refractivity contribution < 1.29 is 19.4 Å². The van der Waals surface area contributed by atoms with E-state index in [-0.39, 0.29) is 25.5 Å². The van der Waals surface area contributed by atoms with Gasteiger partial charge in [0, 0.05) is 18.4 Å². The van der Waals surface area contributed by atoms with Gasteiger partial charge in [-0.2, -0.15) is 0 Å². The Labute approximate surface area is 114 Å². The summed E-state index contributed by atoms with van der Waals surface area (Å²) in [5.74, 6) is -1.33. The zero-order chi connectivity index (χ0) is 13.8. The van der Waals surface area contributed by atoms with Crippen LogP contribution in [0.4, 0.5) is 0 Å². The number of nitrogens with zero attached hydrogens (tertiary/aromatic N) is 2. The summed E-state index contributed by atoms with van der Waals surface area (Å²) in [5, 5.41) is 9.54. The topological polar surface area (TPSA) is 79.7 Å². The van der Waals surface area contributed by atoms with Crippen LogP contribution < -0.4 is 0 Å². The summed E-state index contributed by atoms with van der Waals surface area (Å²) in [6, 6.07) is 2.37. The van der Waals surface area contributed by atoms with Gasteiger partial charge in [-0.15, -0.1) is 0 Å². The van der Waals surface area contributed by atoms with Crippen LogP contribution in [0.1, 0.15) is 5.69 Å². The molecule has 1 N–H and O–H groups in total. The van der Waals surface area contributed by atoms with Crippen molar-refractivity contribution in [3.05, 3.63) is 29.0 Å². The van der Waals surface area contributed by atoms with Crippen LogP contribution in [0.5, 0.6) is 0 Å². The van der Waals surface area contributed by atoms with Gasteiger partial charge in [-0.25, -0.2) is 4.79 Å². The number of carbonyl (C=O) groups is 2. The summed E-state index contributed by atoms with van der Waals surface area (Å²) in [6.45, 7) is 0.655. The molecule has 1 amide bonds. The van der Waals surface area contributed by atoms with E-state index in [2.05, 4.69) is 4.98 Å². The minimum atomic E-state index is -1.06. The van der Waals surface area contributed by atoms with E-state index in [4.69, 9.17) is 21.4 Å². The average molecular weight is 285 g/mol. The minimum Gasteiger partial charge on any atom is -0.480 e. The Morgan fingerprint density at radius 1 is 1.53 bits per heavy atom. The van der Waals surface area contributed by atoms with Gasteiger partial charge in [0.1, 0.15) is 0 Å². The second-order valence-electron chi connectivity index (χ2n) is 4.16. The van der Waals surface area contributed by atoms with Gasteiger partial charge in [0.2, 0.25) is 5.91 Å². The van der Waals surface area contributed by atoms with Crippen molar-refractivity contribution in [3.63, 3.8) is 0 Å². The molecule has 0 spiro atoms. The number of hydrogen-bond donors (Lipinski definition) is 1. The number of amides is 1. The molecule has 0 aromatic carbocycles. The molecule has 1 aromatic rings. The van der Waals surface area contributed by atoms with E-state index in [1.807, 2.05) is 0 Å². The molecule has 19 heavy (non-hydrogen) atoms. The van der Waals surface area contributed by atoms with Crippen LogP contribution in [0.3, 0.4) is 0 Å². The summed E-state index contributed by atoms with van der Waals surface area (Å²) in [5.41, 5.74) is 0.560. The van der Waals surface area contributed by atoms with Crippen LogP contribution in [0.15, 0.2) is 18.3 Å². The van der Waals surface area contributed by atoms with Crippen LogP contribution in [0, 0.1) is 0 Å². The summed E-state index contributed by atoms with van der Waals surface area (Å²) < 4.78 is 5.08. The second kappa shape index (κ2) is 5.99. The molecule has 1 aromatic heterocycles. The number of rotatable bonds is 3. The van der Waals surface area contributed by atoms with Crippen molar-refractivity contribution in [2.75, 3.05) is 19.8 Å². The predicted molar refractivity (Wildman–Crippen MR) is 66.9 cm³/mol. The molecule has 1 aliphatic heterocycles. The highest BCUT2D eigenvalue weighted by atomic mass is 35.5. The maximum Gasteiger partial charge on any atom is 0.328 e. The molecule has 6 nitrogen and oxygen atoms in total. The van der Waals surface area contributed by atoms with Crippen molar-refractivity contribution in [2.45, 2.75) is 12.5 Å². The third-order valence-corrected chi connectivity index (χ3v) is 3.08. The first kappa shape index (κ1) is 13.8. The quantitative estimate of drug-likeness (QED) is 0.879. The molecule has 0 aliphatic carbocycles. The molecule has 1 unspecified atom stereocenters. The molecule has 2 heterocycles. The maximum atomic E-state index is 12.1. The number of hydrogen-bond acceptors (Lipinski definition) is 4. The Hall–Kier alpha value is -1.66. The second-order valence-corrected chi connectivity index (χ2v) is 4.60. The van der Waals surface area contributed by atoms with Gasteiger partial charge in [0.05, 0.1) is 24.7 Å². The normalized spacial score (nSPS) is 19.2. The molecule has 1 saturated heterocycles. The molecule has 0 radical (unpaired) electrons. The Balaban J connectivity index is 2.05. The van der Waals surface area contributed by atoms with E-state index in [1.54, 1.807) is 12.1 Å². The number of carbonyl (C=O) groups excluding carboxylic acids is 1. The van der Waals surface area contributed by atoms with Crippen molar-refractivity contribution >= 4 is 23.5 Å². The largest absolute Gasteiger partial charge is 0.480 e. The highest BCUT2D eigenvalue weighted by Gasteiger charge is 2.32. The van der Waals surface area contributed by atoms with Crippen molar-refractivity contribution in [2.24, 2.45) is 0 Å². The molecule has 1 fully saturated rings. The van der Waals surface area contributed by atoms with Gasteiger partial charge in [-0.05, 0) is 12.1 Å². The van der Waals surface area contributed by atoms with E-state index in [9.17, 15) is 9.59 Å². The van der Waals surface area contributed by atoms with Gasteiger partial charge in [-0.3, -0.25) is 9.78 Å². The average Bonchev–Trinajstić information content (AvgIpc) is 2.41. The van der Waals surface area contributed by atoms with Crippen LogP contribution >= 0.6 is 11.6 Å². The SMILES string of the molecule is O=C(O)C1COCCN1C(=O)Cc1ccc(Cl)cn1. The lowest BCUT2D eigenvalue weighted by molar-refractivity contribution is -0.158. The summed E-state index contributed by atoms with van der Waals surface area (Å²) >= 11 is 5.71. The molecular weight excluding hydrogens is 272 g/mol. The highest BCUT2D eigenvalue weighted by Crippen LogP contribution is 2.11. The fourth-order valence-corrected chi connectivity index (χ4v) is 1.99. The van der Waals surface area contributed by atoms with Crippen LogP contribution in [-0.4, -0.2) is 52.7 Å². The fraction of sp³-hybridized carbons (Fsp3) is 0.417. The van der Waals surface area contributed by atoms with Crippen molar-refractivity contribution in [3.8, 4) is 0 Å². The number of carboxylic acids is 1. The highest BCUT2D eigenvalue weighted by molar-refractivity contribution is 6.30. The van der Waals surface area contributed by atoms with Crippen LogP contribution in [0.2, 0.25) is 5.02 Å². The molecule has 0 saturated carbocycles. The first-order valence-corrected chi connectivity index (χ1v) is 6.16. The zero-order valence-corrected chi connectivity index (χ0v) is 10.8. The van der Waals surface area contributed by atoms with E-state index in [0.29, 0.717) is 17.3 Å². The third-order valence-electron chi connectivity index (χ3n) is 2.85. The Bertz CT molecular complexity index is 477. The van der Waals surface area contributed by atoms with Crippen molar-refractivity contribution in [1.82, 2.24) is 9.88 Å². The number of aromatic nitrogens is 1. The number of ether oxygens (including phenoxy) is 1. The molecule has 0 bridgehead atoms. The third kappa shape index (κ3) is 3.42. The number of morpholine rings is 1. The standard InChI is InChI=1S/C12H13ClN2O4/c13-8-1-2-9(14-6-8)5-11(16)15-3-4-19-7-10(15)12(17)18/h1-2,6,10H,3-5,7H2,(H,17,18). The maximum absolute atomic E-state index is 12.1. The monoisotopic (exact) mass is 284 g/mol. The first-order chi connectivity index (χ1) is 9.08. The molecule has 1 aliphatic rings. The Morgan fingerprint density at radius 2 is 2.32 bits per heavy atom. The molecule has 2 rings (SSSR count). The van der Waals surface area contributed by atoms with E-state index in [0.717, 1.165) is 0 Å². The number of carboxylic acid groups (broad SMARTS) is 1. The number of halogens is 1. The van der Waals surface area contributed by atoms with Crippen LogP contribution in [-0.2, 0) is 20.7 Å². The van der Waals surface area contributed by atoms with Gasteiger partial charge in [-0.1, -0.05) is 11.6 Å². The lowest BCUT2D eigenvalue weighted by Crippen LogP contribution is -2.53. The zero-order valence-electron chi connectivity index (χ0n) is 10.1. The molecule has 7 heteroatoms. The predicted octanol–water partition coefficient (Wildman–Crippen LogP) is 0.589. The minimum absolute atomic E-state index is 0.0229. The number of pyridine rings is 1. The van der Waals surface area contributed by atoms with E-state index in [1.165, 1.54) is 11.1 Å². The Kier molecular flexibility index (Phi) is 4.34. The Morgan fingerprint density at radius 3 is 2.95 bits per heavy atom. The van der Waals surface area contributed by atoms with Gasteiger partial charge in [0.15, 0.2) is 6.04 Å².